The fourth-order valence-corrected chi connectivity index (χ4v) is 5.77. The number of aliphatic hydroxyl groups excluding tert-OH is 4. The Labute approximate surface area is 291 Å². The Morgan fingerprint density at radius 3 is 1.65 bits per heavy atom. The minimum Gasteiger partial charge on any atom is -0.462 e. The van der Waals surface area contributed by atoms with Crippen LogP contribution in [0.5, 0.6) is 0 Å². The lowest BCUT2D eigenvalue weighted by atomic mass is 9.99. The fourth-order valence-electron chi connectivity index (χ4n) is 5.77. The minimum atomic E-state index is -1.59. The Bertz CT molecular complexity index is 804. The van der Waals surface area contributed by atoms with Crippen LogP contribution in [0.4, 0.5) is 0 Å². The number of hydrogen-bond acceptors (Lipinski definition) is 10. The Balaban J connectivity index is 2.39. The van der Waals surface area contributed by atoms with Crippen LogP contribution in [0.3, 0.4) is 0 Å². The summed E-state index contributed by atoms with van der Waals surface area (Å²) in [6, 6.07) is 0. The molecule has 10 nitrogen and oxygen atoms in total. The van der Waals surface area contributed by atoms with Gasteiger partial charge in [-0.25, -0.2) is 0 Å². The lowest BCUT2D eigenvalue weighted by Crippen LogP contribution is -2.59. The van der Waals surface area contributed by atoms with Crippen LogP contribution in [0.2, 0.25) is 0 Å². The highest BCUT2D eigenvalue weighted by Gasteiger charge is 2.44. The van der Waals surface area contributed by atoms with Gasteiger partial charge in [-0.1, -0.05) is 122 Å². The quantitative estimate of drug-likeness (QED) is 0.0347. The molecule has 0 amide bonds. The molecule has 1 heterocycles. The van der Waals surface area contributed by atoms with Gasteiger partial charge in [-0.15, -0.1) is 0 Å². The molecular formula is C38H70O10. The van der Waals surface area contributed by atoms with Gasteiger partial charge in [-0.3, -0.25) is 9.59 Å². The molecule has 0 saturated carbocycles. The molecule has 1 fully saturated rings. The second-order valence-electron chi connectivity index (χ2n) is 13.4. The summed E-state index contributed by atoms with van der Waals surface area (Å²) in [7, 11) is 0. The lowest BCUT2D eigenvalue weighted by Gasteiger charge is -2.39. The molecule has 2 unspecified atom stereocenters. The number of ether oxygens (including phenoxy) is 4. The van der Waals surface area contributed by atoms with E-state index in [0.717, 1.165) is 44.9 Å². The second-order valence-corrected chi connectivity index (χ2v) is 13.4. The number of aliphatic hydroxyl groups is 4. The van der Waals surface area contributed by atoms with Gasteiger partial charge in [-0.2, -0.15) is 0 Å². The summed E-state index contributed by atoms with van der Waals surface area (Å²) in [4.78, 5) is 25.1. The number of hydrogen-bond donors (Lipinski definition) is 4. The molecule has 0 radical (unpaired) electrons. The number of allylic oxidation sites excluding steroid dienone is 2. The van der Waals surface area contributed by atoms with Gasteiger partial charge < -0.3 is 39.4 Å². The normalized spacial score (nSPS) is 21.8. The van der Waals surface area contributed by atoms with E-state index in [2.05, 4.69) is 26.0 Å². The number of rotatable bonds is 31. The molecule has 0 bridgehead atoms. The molecule has 0 aromatic heterocycles. The van der Waals surface area contributed by atoms with Crippen molar-refractivity contribution in [3.05, 3.63) is 12.2 Å². The lowest BCUT2D eigenvalue weighted by molar-refractivity contribution is -0.305. The van der Waals surface area contributed by atoms with E-state index < -0.39 is 49.4 Å². The van der Waals surface area contributed by atoms with E-state index in [1.54, 1.807) is 0 Å². The minimum absolute atomic E-state index is 0.213. The van der Waals surface area contributed by atoms with Crippen molar-refractivity contribution in [3.8, 4) is 0 Å². The van der Waals surface area contributed by atoms with Crippen LogP contribution in [-0.2, 0) is 28.5 Å². The van der Waals surface area contributed by atoms with E-state index in [9.17, 15) is 30.0 Å². The number of carbonyl (C=O) groups is 2. The molecule has 0 aliphatic carbocycles. The summed E-state index contributed by atoms with van der Waals surface area (Å²) in [6.45, 7) is 3.35. The Morgan fingerprint density at radius 1 is 0.625 bits per heavy atom. The van der Waals surface area contributed by atoms with Crippen LogP contribution in [0, 0.1) is 0 Å². The maximum Gasteiger partial charge on any atom is 0.306 e. The first-order chi connectivity index (χ1) is 23.3. The number of unbranched alkanes of at least 4 members (excludes halogenated alkanes) is 18. The van der Waals surface area contributed by atoms with E-state index in [1.807, 2.05) is 0 Å². The van der Waals surface area contributed by atoms with Crippen molar-refractivity contribution < 1.29 is 49.0 Å². The third kappa shape index (κ3) is 22.2. The molecular weight excluding hydrogens is 616 g/mol. The summed E-state index contributed by atoms with van der Waals surface area (Å²) < 4.78 is 22.0. The van der Waals surface area contributed by atoms with Gasteiger partial charge >= 0.3 is 11.9 Å². The highest BCUT2D eigenvalue weighted by molar-refractivity contribution is 5.70. The molecule has 1 aliphatic heterocycles. The van der Waals surface area contributed by atoms with Crippen LogP contribution in [0.25, 0.3) is 0 Å². The maximum absolute atomic E-state index is 12.7. The first-order valence-electron chi connectivity index (χ1n) is 19.3. The molecule has 282 valence electrons. The van der Waals surface area contributed by atoms with E-state index in [4.69, 9.17) is 18.9 Å². The smallest absolute Gasteiger partial charge is 0.306 e. The van der Waals surface area contributed by atoms with Gasteiger partial charge in [0.25, 0.3) is 0 Å². The zero-order valence-corrected chi connectivity index (χ0v) is 30.2. The van der Waals surface area contributed by atoms with Gasteiger partial charge in [0.2, 0.25) is 0 Å². The molecule has 48 heavy (non-hydrogen) atoms. The van der Waals surface area contributed by atoms with Crippen LogP contribution in [0.15, 0.2) is 12.2 Å². The van der Waals surface area contributed by atoms with Gasteiger partial charge in [0, 0.05) is 12.8 Å². The summed E-state index contributed by atoms with van der Waals surface area (Å²) in [5.74, 6) is -0.827. The standard InChI is InChI=1S/C38H70O10/c1-3-5-7-9-11-13-14-15-16-17-18-19-21-23-25-27-34(41)47-31(29-45-33(40)26-24-22-20-12-10-8-6-4-2)30-46-38-37(44)36(43)35(42)32(28-39)48-38/h17-18,31-32,35-39,42-44H,3-16,19-30H2,1-2H3/b18-17+/t31-,32-,35+,36?,37?,38-/m1/s1. The fraction of sp³-hybridized carbons (Fsp3) is 0.895. The number of carbonyl (C=O) groups excluding carboxylic acids is 2. The summed E-state index contributed by atoms with van der Waals surface area (Å²) in [6.07, 6.45) is 20.9. The number of esters is 2. The van der Waals surface area contributed by atoms with E-state index in [-0.39, 0.29) is 32.0 Å². The van der Waals surface area contributed by atoms with Crippen molar-refractivity contribution in [2.24, 2.45) is 0 Å². The van der Waals surface area contributed by atoms with Gasteiger partial charge in [-0.05, 0) is 38.5 Å². The van der Waals surface area contributed by atoms with Crippen molar-refractivity contribution in [1.82, 2.24) is 0 Å². The summed E-state index contributed by atoms with van der Waals surface area (Å²) >= 11 is 0. The molecule has 1 rings (SSSR count). The van der Waals surface area contributed by atoms with E-state index >= 15 is 0 Å². The van der Waals surface area contributed by atoms with Crippen molar-refractivity contribution >= 4 is 11.9 Å². The predicted molar refractivity (Wildman–Crippen MR) is 187 cm³/mol. The first kappa shape index (κ1) is 44.5. The molecule has 1 saturated heterocycles. The van der Waals surface area contributed by atoms with Crippen LogP contribution < -0.4 is 0 Å². The van der Waals surface area contributed by atoms with Gasteiger partial charge in [0.05, 0.1) is 13.2 Å². The Hall–Kier alpha value is -1.56. The van der Waals surface area contributed by atoms with E-state index in [0.29, 0.717) is 6.42 Å². The topological polar surface area (TPSA) is 152 Å². The first-order valence-corrected chi connectivity index (χ1v) is 19.3. The molecule has 6 atom stereocenters. The van der Waals surface area contributed by atoms with Crippen molar-refractivity contribution in [2.75, 3.05) is 19.8 Å². The van der Waals surface area contributed by atoms with Crippen molar-refractivity contribution in [3.63, 3.8) is 0 Å². The average Bonchev–Trinajstić information content (AvgIpc) is 3.08. The highest BCUT2D eigenvalue weighted by Crippen LogP contribution is 2.22. The monoisotopic (exact) mass is 686 g/mol. The van der Waals surface area contributed by atoms with Crippen LogP contribution in [0.1, 0.15) is 162 Å². The SMILES string of the molecule is CCCCCCCCCC/C=C/CCCCCC(=O)O[C@H](COC(=O)CCCCCCCCCC)CO[C@@H]1O[C@H](CO)[C@H](O)C(O)C1O. The van der Waals surface area contributed by atoms with Gasteiger partial charge in [0.1, 0.15) is 31.0 Å². The van der Waals surface area contributed by atoms with E-state index in [1.165, 1.54) is 83.5 Å². The maximum atomic E-state index is 12.7. The largest absolute Gasteiger partial charge is 0.462 e. The highest BCUT2D eigenvalue weighted by atomic mass is 16.7. The van der Waals surface area contributed by atoms with Gasteiger partial charge in [0.15, 0.2) is 12.4 Å². The van der Waals surface area contributed by atoms with Crippen LogP contribution >= 0.6 is 0 Å². The average molecular weight is 687 g/mol. The second kappa shape index (κ2) is 30.3. The molecule has 1 aliphatic rings. The molecule has 0 aromatic rings. The Kier molecular flexibility index (Phi) is 28.0. The predicted octanol–water partition coefficient (Wildman–Crippen LogP) is 6.83. The third-order valence-electron chi connectivity index (χ3n) is 8.90. The van der Waals surface area contributed by atoms with Crippen molar-refractivity contribution in [1.29, 1.82) is 0 Å². The Morgan fingerprint density at radius 2 is 1.10 bits per heavy atom. The molecule has 0 spiro atoms. The molecule has 4 N–H and O–H groups in total. The summed E-state index contributed by atoms with van der Waals surface area (Å²) in [5, 5.41) is 39.8. The zero-order valence-electron chi connectivity index (χ0n) is 30.2. The third-order valence-corrected chi connectivity index (χ3v) is 8.90. The molecule has 10 heteroatoms. The van der Waals surface area contributed by atoms with Crippen molar-refractivity contribution in [2.45, 2.75) is 198 Å². The zero-order chi connectivity index (χ0) is 35.2. The summed E-state index contributed by atoms with van der Waals surface area (Å²) in [5.41, 5.74) is 0. The van der Waals surface area contributed by atoms with Crippen LogP contribution in [-0.4, -0.2) is 89.0 Å². The molecule has 0 aromatic carbocycles.